The van der Waals surface area contributed by atoms with E-state index in [4.69, 9.17) is 4.42 Å². The van der Waals surface area contributed by atoms with E-state index < -0.39 is 4.92 Å². The van der Waals surface area contributed by atoms with Crippen LogP contribution in [-0.2, 0) is 0 Å². The van der Waals surface area contributed by atoms with Crippen LogP contribution in [0.1, 0.15) is 69.6 Å². The molecule has 7 heteroatoms. The maximum absolute atomic E-state index is 10.8. The lowest BCUT2D eigenvalue weighted by molar-refractivity contribution is -0.739. The Kier molecular flexibility index (Phi) is 6.62. The summed E-state index contributed by atoms with van der Waals surface area (Å²) in [6, 6.07) is 15.2. The lowest BCUT2D eigenvalue weighted by Crippen LogP contribution is -2.86. The van der Waals surface area contributed by atoms with Crippen LogP contribution in [0.2, 0.25) is 0 Å². The highest BCUT2D eigenvalue weighted by Gasteiger charge is 2.26. The standard InChI is InChI=1S/C23H28N4O3/c1-14(2)17-6-8-18(9-7-17)21(15(3)4)24-16(5)22-25-26-23(30-22)19-10-12-20(13-11-19)27(28)29/h6-16,21,24H,1-5H3/p+1/t16-,21-/m1/s1. The Hall–Kier alpha value is -3.06. The molecule has 1 aromatic heterocycles. The molecule has 0 saturated heterocycles. The lowest BCUT2D eigenvalue weighted by atomic mass is 9.93. The highest BCUT2D eigenvalue weighted by atomic mass is 16.6. The van der Waals surface area contributed by atoms with Gasteiger partial charge in [0.05, 0.1) is 4.92 Å². The number of hydrogen-bond donors (Lipinski definition) is 1. The average Bonchev–Trinajstić information content (AvgIpc) is 3.22. The number of nitrogens with two attached hydrogens (primary N) is 1. The SMILES string of the molecule is CC(C)c1ccc([C@H]([NH2+][C@H](C)c2nnc(-c3ccc([N+](=O)[O-])cc3)o2)C(C)C)cc1. The zero-order valence-corrected chi connectivity index (χ0v) is 18.1. The highest BCUT2D eigenvalue weighted by Crippen LogP contribution is 2.25. The van der Waals surface area contributed by atoms with Gasteiger partial charge in [-0.05, 0) is 30.5 Å². The van der Waals surface area contributed by atoms with E-state index in [0.717, 1.165) is 0 Å². The number of nitro benzene ring substituents is 1. The molecule has 0 unspecified atom stereocenters. The van der Waals surface area contributed by atoms with Crippen LogP contribution in [0.3, 0.4) is 0 Å². The van der Waals surface area contributed by atoms with Gasteiger partial charge in [-0.1, -0.05) is 52.0 Å². The number of quaternary nitrogens is 1. The van der Waals surface area contributed by atoms with Crippen molar-refractivity contribution in [1.29, 1.82) is 0 Å². The molecule has 0 fully saturated rings. The molecule has 0 spiro atoms. The van der Waals surface area contributed by atoms with Gasteiger partial charge in [0, 0.05) is 29.2 Å². The van der Waals surface area contributed by atoms with Gasteiger partial charge in [0.15, 0.2) is 6.04 Å². The van der Waals surface area contributed by atoms with E-state index in [1.165, 1.54) is 23.3 Å². The molecule has 2 atom stereocenters. The first-order chi connectivity index (χ1) is 14.3. The number of nitro groups is 1. The second-order valence-electron chi connectivity index (χ2n) is 8.32. The fourth-order valence-electron chi connectivity index (χ4n) is 3.48. The molecule has 0 aliphatic rings. The minimum atomic E-state index is -0.431. The largest absolute Gasteiger partial charge is 0.415 e. The van der Waals surface area contributed by atoms with Crippen molar-refractivity contribution in [2.45, 2.75) is 52.6 Å². The Bertz CT molecular complexity index is 978. The van der Waals surface area contributed by atoms with Crippen molar-refractivity contribution >= 4 is 5.69 Å². The molecule has 2 N–H and O–H groups in total. The van der Waals surface area contributed by atoms with Crippen molar-refractivity contribution in [3.63, 3.8) is 0 Å². The second-order valence-corrected chi connectivity index (χ2v) is 8.32. The van der Waals surface area contributed by atoms with Crippen molar-refractivity contribution < 1.29 is 14.7 Å². The molecule has 0 amide bonds. The number of hydrogen-bond acceptors (Lipinski definition) is 5. The Morgan fingerprint density at radius 3 is 2.03 bits per heavy atom. The molecule has 2 aromatic carbocycles. The van der Waals surface area contributed by atoms with Gasteiger partial charge in [0.25, 0.3) is 11.6 Å². The molecule has 7 nitrogen and oxygen atoms in total. The van der Waals surface area contributed by atoms with Crippen molar-refractivity contribution in [1.82, 2.24) is 10.2 Å². The molecule has 0 bridgehead atoms. The van der Waals surface area contributed by atoms with Crippen LogP contribution in [0.15, 0.2) is 52.9 Å². The zero-order chi connectivity index (χ0) is 21.8. The molecule has 0 aliphatic heterocycles. The van der Waals surface area contributed by atoms with Crippen LogP contribution in [-0.4, -0.2) is 15.1 Å². The molecule has 30 heavy (non-hydrogen) atoms. The van der Waals surface area contributed by atoms with Crippen molar-refractivity contribution in [3.05, 3.63) is 75.7 Å². The second kappa shape index (κ2) is 9.17. The van der Waals surface area contributed by atoms with Crippen molar-refractivity contribution in [2.75, 3.05) is 0 Å². The molecule has 0 saturated carbocycles. The van der Waals surface area contributed by atoms with Gasteiger partial charge in [-0.15, -0.1) is 10.2 Å². The van der Waals surface area contributed by atoms with Gasteiger partial charge < -0.3 is 9.73 Å². The summed E-state index contributed by atoms with van der Waals surface area (Å²) < 4.78 is 5.88. The number of aromatic nitrogens is 2. The normalized spacial score (nSPS) is 13.6. The van der Waals surface area contributed by atoms with E-state index in [-0.39, 0.29) is 17.8 Å². The smallest absolute Gasteiger partial charge is 0.274 e. The summed E-state index contributed by atoms with van der Waals surface area (Å²) in [5.41, 5.74) is 3.30. The number of nitrogens with zero attached hydrogens (tertiary/aromatic N) is 3. The van der Waals surface area contributed by atoms with Crippen LogP contribution >= 0.6 is 0 Å². The fraction of sp³-hybridized carbons (Fsp3) is 0.391. The summed E-state index contributed by atoms with van der Waals surface area (Å²) in [6.07, 6.45) is 0. The van der Waals surface area contributed by atoms with E-state index in [9.17, 15) is 10.1 Å². The van der Waals surface area contributed by atoms with Crippen LogP contribution in [0.4, 0.5) is 5.69 Å². The maximum atomic E-state index is 10.8. The van der Waals surface area contributed by atoms with Gasteiger partial charge in [-0.2, -0.15) is 0 Å². The topological polar surface area (TPSA) is 98.7 Å². The minimum absolute atomic E-state index is 0.0264. The van der Waals surface area contributed by atoms with Crippen LogP contribution in [0.5, 0.6) is 0 Å². The molecule has 0 radical (unpaired) electrons. The predicted octanol–water partition coefficient (Wildman–Crippen LogP) is 4.79. The Balaban J connectivity index is 1.75. The van der Waals surface area contributed by atoms with Crippen LogP contribution in [0.25, 0.3) is 11.5 Å². The summed E-state index contributed by atoms with van der Waals surface area (Å²) in [5.74, 6) is 1.83. The number of non-ortho nitro benzene ring substituents is 1. The fourth-order valence-corrected chi connectivity index (χ4v) is 3.48. The van der Waals surface area contributed by atoms with Crippen molar-refractivity contribution in [2.24, 2.45) is 5.92 Å². The lowest BCUT2D eigenvalue weighted by Gasteiger charge is -2.22. The molecule has 1 heterocycles. The number of rotatable bonds is 8. The number of benzene rings is 2. The Morgan fingerprint density at radius 2 is 1.50 bits per heavy atom. The van der Waals surface area contributed by atoms with E-state index in [1.807, 2.05) is 6.92 Å². The van der Waals surface area contributed by atoms with Crippen LogP contribution < -0.4 is 5.32 Å². The van der Waals surface area contributed by atoms with Crippen LogP contribution in [0, 0.1) is 16.0 Å². The molecule has 3 aromatic rings. The summed E-state index contributed by atoms with van der Waals surface area (Å²) >= 11 is 0. The van der Waals surface area contributed by atoms with E-state index in [2.05, 4.69) is 67.5 Å². The quantitative estimate of drug-likeness (QED) is 0.426. The van der Waals surface area contributed by atoms with Gasteiger partial charge in [-0.3, -0.25) is 10.1 Å². The third-order valence-corrected chi connectivity index (χ3v) is 5.36. The molecular formula is C23H29N4O3+. The summed E-state index contributed by atoms with van der Waals surface area (Å²) in [7, 11) is 0. The van der Waals surface area contributed by atoms with E-state index in [0.29, 0.717) is 29.2 Å². The Morgan fingerprint density at radius 1 is 0.900 bits per heavy atom. The minimum Gasteiger partial charge on any atom is -0.415 e. The molecular weight excluding hydrogens is 380 g/mol. The zero-order valence-electron chi connectivity index (χ0n) is 18.1. The van der Waals surface area contributed by atoms with Gasteiger partial charge in [-0.25, -0.2) is 0 Å². The summed E-state index contributed by atoms with van der Waals surface area (Å²) in [5, 5.41) is 21.4. The monoisotopic (exact) mass is 409 g/mol. The first kappa shape index (κ1) is 21.6. The average molecular weight is 410 g/mol. The summed E-state index contributed by atoms with van der Waals surface area (Å²) in [4.78, 5) is 10.4. The van der Waals surface area contributed by atoms with E-state index in [1.54, 1.807) is 12.1 Å². The Labute approximate surface area is 176 Å². The molecule has 3 rings (SSSR count). The molecule has 0 aliphatic carbocycles. The first-order valence-corrected chi connectivity index (χ1v) is 10.3. The summed E-state index contributed by atoms with van der Waals surface area (Å²) in [6.45, 7) is 10.9. The highest BCUT2D eigenvalue weighted by molar-refractivity contribution is 5.55. The molecule has 158 valence electrons. The van der Waals surface area contributed by atoms with Crippen molar-refractivity contribution in [3.8, 4) is 11.5 Å². The third kappa shape index (κ3) is 4.91. The van der Waals surface area contributed by atoms with Gasteiger partial charge in [0.2, 0.25) is 5.89 Å². The third-order valence-electron chi connectivity index (χ3n) is 5.36. The predicted molar refractivity (Wildman–Crippen MR) is 115 cm³/mol. The van der Waals surface area contributed by atoms with E-state index >= 15 is 0 Å². The van der Waals surface area contributed by atoms with Gasteiger partial charge >= 0.3 is 0 Å². The maximum Gasteiger partial charge on any atom is 0.274 e. The van der Waals surface area contributed by atoms with Gasteiger partial charge in [0.1, 0.15) is 6.04 Å². The first-order valence-electron chi connectivity index (χ1n) is 10.3.